The molecule has 1 heterocycles. The van der Waals surface area contributed by atoms with Gasteiger partial charge in [-0.25, -0.2) is 4.79 Å². The minimum absolute atomic E-state index is 0.109. The summed E-state index contributed by atoms with van der Waals surface area (Å²) >= 11 is 0. The minimum Gasteiger partial charge on any atom is -0.480 e. The number of aromatic nitrogens is 2. The van der Waals surface area contributed by atoms with Crippen LogP contribution in [0.25, 0.3) is 0 Å². The van der Waals surface area contributed by atoms with E-state index in [9.17, 15) is 9.59 Å². The Bertz CT molecular complexity index is 374. The molecular formula is C8H11N3O4. The summed E-state index contributed by atoms with van der Waals surface area (Å²) in [4.78, 5) is 21.9. The molecule has 0 aliphatic heterocycles. The molecule has 1 aromatic rings. The molecule has 0 aliphatic rings. The number of aliphatic hydroxyl groups excluding tert-OH is 1. The van der Waals surface area contributed by atoms with Crippen LogP contribution in [0.4, 0.5) is 0 Å². The molecule has 0 radical (unpaired) electrons. The quantitative estimate of drug-likeness (QED) is 0.570. The lowest BCUT2D eigenvalue weighted by Gasteiger charge is -2.09. The molecule has 0 aromatic carbocycles. The van der Waals surface area contributed by atoms with Gasteiger partial charge < -0.3 is 15.5 Å². The van der Waals surface area contributed by atoms with E-state index < -0.39 is 24.5 Å². The highest BCUT2D eigenvalue weighted by Crippen LogP contribution is 1.95. The van der Waals surface area contributed by atoms with Crippen LogP contribution in [0.1, 0.15) is 10.5 Å². The molecule has 1 amide bonds. The van der Waals surface area contributed by atoms with Crippen molar-refractivity contribution in [2.75, 3.05) is 6.61 Å². The third kappa shape index (κ3) is 2.78. The number of aliphatic hydroxyl groups is 1. The first-order valence-corrected chi connectivity index (χ1v) is 4.18. The van der Waals surface area contributed by atoms with E-state index >= 15 is 0 Å². The highest BCUT2D eigenvalue weighted by atomic mass is 16.4. The van der Waals surface area contributed by atoms with Gasteiger partial charge in [0.05, 0.1) is 6.61 Å². The molecular weight excluding hydrogens is 202 g/mol. The Kier molecular flexibility index (Phi) is 3.40. The van der Waals surface area contributed by atoms with Crippen LogP contribution in [0.5, 0.6) is 0 Å². The molecule has 7 nitrogen and oxygen atoms in total. The topological polar surface area (TPSA) is 104 Å². The van der Waals surface area contributed by atoms with Crippen LogP contribution in [0, 0.1) is 0 Å². The van der Waals surface area contributed by atoms with Crippen molar-refractivity contribution >= 4 is 11.9 Å². The van der Waals surface area contributed by atoms with Crippen LogP contribution in [0.2, 0.25) is 0 Å². The predicted molar refractivity (Wildman–Crippen MR) is 49.2 cm³/mol. The van der Waals surface area contributed by atoms with Crippen molar-refractivity contribution in [2.45, 2.75) is 6.04 Å². The molecule has 3 N–H and O–H groups in total. The predicted octanol–water partition coefficient (Wildman–Crippen LogP) is -1.40. The summed E-state index contributed by atoms with van der Waals surface area (Å²) in [5.41, 5.74) is 0.109. The third-order valence-corrected chi connectivity index (χ3v) is 1.73. The molecule has 1 atom stereocenters. The normalized spacial score (nSPS) is 12.1. The van der Waals surface area contributed by atoms with E-state index in [1.54, 1.807) is 13.2 Å². The number of carboxylic acids is 1. The second-order valence-electron chi connectivity index (χ2n) is 2.92. The molecule has 0 saturated carbocycles. The third-order valence-electron chi connectivity index (χ3n) is 1.73. The van der Waals surface area contributed by atoms with Gasteiger partial charge in [0.15, 0.2) is 6.04 Å². The van der Waals surface area contributed by atoms with Crippen LogP contribution in [0.15, 0.2) is 12.3 Å². The Balaban J connectivity index is 2.66. The van der Waals surface area contributed by atoms with E-state index in [2.05, 4.69) is 10.4 Å². The maximum absolute atomic E-state index is 11.4. The van der Waals surface area contributed by atoms with Crippen molar-refractivity contribution < 1.29 is 19.8 Å². The van der Waals surface area contributed by atoms with Gasteiger partial charge in [0.1, 0.15) is 5.69 Å². The van der Waals surface area contributed by atoms with E-state index in [1.807, 2.05) is 0 Å². The van der Waals surface area contributed by atoms with Gasteiger partial charge in [-0.1, -0.05) is 0 Å². The first kappa shape index (κ1) is 11.2. The number of amides is 1. The summed E-state index contributed by atoms with van der Waals surface area (Å²) in [7, 11) is 1.64. The molecule has 1 aromatic heterocycles. The molecule has 1 unspecified atom stereocenters. The van der Waals surface area contributed by atoms with Crippen molar-refractivity contribution in [3.63, 3.8) is 0 Å². The average Bonchev–Trinajstić information content (AvgIpc) is 2.60. The van der Waals surface area contributed by atoms with Crippen molar-refractivity contribution in [2.24, 2.45) is 7.05 Å². The van der Waals surface area contributed by atoms with Gasteiger partial charge in [-0.05, 0) is 6.07 Å². The number of aliphatic carboxylic acids is 1. The van der Waals surface area contributed by atoms with E-state index in [0.717, 1.165) is 0 Å². The fourth-order valence-corrected chi connectivity index (χ4v) is 0.954. The SMILES string of the molecule is Cn1ccc(C(=O)NC(CO)C(=O)O)n1. The standard InChI is InChI=1S/C8H11N3O4/c1-11-3-2-5(10-11)7(13)9-6(4-12)8(14)15/h2-3,6,12H,4H2,1H3,(H,9,13)(H,14,15). The lowest BCUT2D eigenvalue weighted by atomic mass is 10.3. The van der Waals surface area contributed by atoms with E-state index in [1.165, 1.54) is 10.7 Å². The zero-order valence-corrected chi connectivity index (χ0v) is 8.04. The lowest BCUT2D eigenvalue weighted by Crippen LogP contribution is -2.43. The number of carbonyl (C=O) groups is 2. The molecule has 0 fully saturated rings. The van der Waals surface area contributed by atoms with Gasteiger partial charge in [0.2, 0.25) is 0 Å². The first-order valence-electron chi connectivity index (χ1n) is 4.18. The van der Waals surface area contributed by atoms with Gasteiger partial charge in [-0.3, -0.25) is 9.48 Å². The number of aryl methyl sites for hydroxylation is 1. The summed E-state index contributed by atoms with van der Waals surface area (Å²) in [6, 6.07) is 0.144. The Morgan fingerprint density at radius 1 is 1.67 bits per heavy atom. The van der Waals surface area contributed by atoms with E-state index in [0.29, 0.717) is 0 Å². The summed E-state index contributed by atoms with van der Waals surface area (Å²) in [5, 5.41) is 23.2. The maximum Gasteiger partial charge on any atom is 0.328 e. The van der Waals surface area contributed by atoms with Crippen molar-refractivity contribution in [1.29, 1.82) is 0 Å². The lowest BCUT2D eigenvalue weighted by molar-refractivity contribution is -0.140. The summed E-state index contributed by atoms with van der Waals surface area (Å²) < 4.78 is 1.42. The Hall–Kier alpha value is -1.89. The Morgan fingerprint density at radius 3 is 2.73 bits per heavy atom. The molecule has 0 spiro atoms. The Labute approximate surface area is 85.3 Å². The number of nitrogens with zero attached hydrogens (tertiary/aromatic N) is 2. The largest absolute Gasteiger partial charge is 0.480 e. The molecule has 0 saturated heterocycles. The maximum atomic E-state index is 11.4. The first-order chi connectivity index (χ1) is 7.04. The van der Waals surface area contributed by atoms with Crippen LogP contribution in [-0.2, 0) is 11.8 Å². The van der Waals surface area contributed by atoms with Crippen LogP contribution in [-0.4, -0.2) is 44.5 Å². The van der Waals surface area contributed by atoms with E-state index in [4.69, 9.17) is 10.2 Å². The van der Waals surface area contributed by atoms with Gasteiger partial charge >= 0.3 is 5.97 Å². The molecule has 7 heteroatoms. The Morgan fingerprint density at radius 2 is 2.33 bits per heavy atom. The summed E-state index contributed by atoms with van der Waals surface area (Å²) in [6.07, 6.45) is 1.56. The molecule has 82 valence electrons. The van der Waals surface area contributed by atoms with Crippen molar-refractivity contribution in [3.8, 4) is 0 Å². The number of hydrogen-bond donors (Lipinski definition) is 3. The fraction of sp³-hybridized carbons (Fsp3) is 0.375. The highest BCUT2D eigenvalue weighted by molar-refractivity contribution is 5.94. The fourth-order valence-electron chi connectivity index (χ4n) is 0.954. The molecule has 1 rings (SSSR count). The van der Waals surface area contributed by atoms with E-state index in [-0.39, 0.29) is 5.69 Å². The van der Waals surface area contributed by atoms with Crippen LogP contribution in [0.3, 0.4) is 0 Å². The van der Waals surface area contributed by atoms with Gasteiger partial charge in [0, 0.05) is 13.2 Å². The van der Waals surface area contributed by atoms with Gasteiger partial charge in [0.25, 0.3) is 5.91 Å². The van der Waals surface area contributed by atoms with Crippen molar-refractivity contribution in [1.82, 2.24) is 15.1 Å². The molecule has 15 heavy (non-hydrogen) atoms. The number of carboxylic acid groups (broad SMARTS) is 1. The monoisotopic (exact) mass is 213 g/mol. The van der Waals surface area contributed by atoms with Gasteiger partial charge in [-0.15, -0.1) is 0 Å². The van der Waals surface area contributed by atoms with Crippen LogP contribution < -0.4 is 5.32 Å². The second kappa shape index (κ2) is 4.56. The number of hydrogen-bond acceptors (Lipinski definition) is 4. The summed E-state index contributed by atoms with van der Waals surface area (Å²) in [6.45, 7) is -0.659. The second-order valence-corrected chi connectivity index (χ2v) is 2.92. The van der Waals surface area contributed by atoms with Gasteiger partial charge in [-0.2, -0.15) is 5.10 Å². The minimum atomic E-state index is -1.31. The number of carbonyl (C=O) groups excluding carboxylic acids is 1. The average molecular weight is 213 g/mol. The molecule has 0 bridgehead atoms. The van der Waals surface area contributed by atoms with Crippen LogP contribution >= 0.6 is 0 Å². The summed E-state index contributed by atoms with van der Waals surface area (Å²) in [5.74, 6) is -1.92. The number of rotatable bonds is 4. The number of nitrogens with one attached hydrogen (secondary N) is 1. The zero-order chi connectivity index (χ0) is 11.4. The highest BCUT2D eigenvalue weighted by Gasteiger charge is 2.20. The molecule has 0 aliphatic carbocycles. The zero-order valence-electron chi connectivity index (χ0n) is 8.04. The smallest absolute Gasteiger partial charge is 0.328 e. The van der Waals surface area contributed by atoms with Crippen molar-refractivity contribution in [3.05, 3.63) is 18.0 Å².